The van der Waals surface area contributed by atoms with Crippen molar-refractivity contribution in [2.24, 2.45) is 0 Å². The van der Waals surface area contributed by atoms with Gasteiger partial charge < -0.3 is 4.57 Å². The molecule has 63 heavy (non-hydrogen) atoms. The zero-order valence-corrected chi connectivity index (χ0v) is 34.2. The van der Waals surface area contributed by atoms with Crippen LogP contribution in [0.3, 0.4) is 0 Å². The zero-order valence-electron chi connectivity index (χ0n) is 34.2. The van der Waals surface area contributed by atoms with Crippen LogP contribution in [0.25, 0.3) is 117 Å². The van der Waals surface area contributed by atoms with Crippen molar-refractivity contribution in [1.82, 2.24) is 19.5 Å². The first-order chi connectivity index (χ1) is 31.2. The number of fused-ring (bicyclic) bond motifs is 5. The van der Waals surface area contributed by atoms with E-state index in [0.29, 0.717) is 17.5 Å². The highest BCUT2D eigenvalue weighted by atomic mass is 15.0. The van der Waals surface area contributed by atoms with Crippen molar-refractivity contribution < 1.29 is 0 Å². The van der Waals surface area contributed by atoms with Gasteiger partial charge in [-0.05, 0) is 85.9 Å². The van der Waals surface area contributed by atoms with Gasteiger partial charge in [0.2, 0.25) is 0 Å². The average molecular weight is 803 g/mol. The first kappa shape index (κ1) is 36.4. The Hall–Kier alpha value is -8.47. The fourth-order valence-corrected chi connectivity index (χ4v) is 9.20. The van der Waals surface area contributed by atoms with Gasteiger partial charge in [0.15, 0.2) is 17.5 Å². The van der Waals surface area contributed by atoms with E-state index >= 15 is 0 Å². The molecule has 10 aromatic carbocycles. The molecular weight excluding hydrogens is 765 g/mol. The third kappa shape index (κ3) is 6.44. The highest BCUT2D eigenvalue weighted by Gasteiger charge is 2.24. The lowest BCUT2D eigenvalue weighted by Crippen LogP contribution is -2.04. The molecule has 2 heterocycles. The van der Waals surface area contributed by atoms with Crippen LogP contribution in [0, 0.1) is 0 Å². The molecule has 0 bridgehead atoms. The fourth-order valence-electron chi connectivity index (χ4n) is 9.20. The summed E-state index contributed by atoms with van der Waals surface area (Å²) in [5, 5.41) is 6.99. The molecule has 12 rings (SSSR count). The lowest BCUT2D eigenvalue weighted by Gasteiger charge is -2.20. The van der Waals surface area contributed by atoms with Gasteiger partial charge in [0, 0.05) is 32.8 Å². The summed E-state index contributed by atoms with van der Waals surface area (Å²) in [7, 11) is 0. The summed E-state index contributed by atoms with van der Waals surface area (Å²) in [4.78, 5) is 15.9. The molecule has 0 amide bonds. The van der Waals surface area contributed by atoms with Gasteiger partial charge in [0.1, 0.15) is 0 Å². The maximum absolute atomic E-state index is 5.39. The predicted octanol–water partition coefficient (Wildman–Crippen LogP) is 15.3. The number of hydrogen-bond acceptors (Lipinski definition) is 3. The number of rotatable bonds is 7. The summed E-state index contributed by atoms with van der Waals surface area (Å²) in [5.41, 5.74) is 12.9. The molecule has 0 radical (unpaired) electrons. The number of aromatic nitrogens is 4. The first-order valence-corrected chi connectivity index (χ1v) is 21.4. The summed E-state index contributed by atoms with van der Waals surface area (Å²) in [6.45, 7) is 0. The molecule has 0 saturated carbocycles. The molecule has 294 valence electrons. The topological polar surface area (TPSA) is 43.6 Å². The highest BCUT2D eigenvalue weighted by Crippen LogP contribution is 2.45. The van der Waals surface area contributed by atoms with Crippen molar-refractivity contribution >= 4 is 43.4 Å². The van der Waals surface area contributed by atoms with Crippen molar-refractivity contribution in [2.75, 3.05) is 0 Å². The van der Waals surface area contributed by atoms with Crippen LogP contribution in [0.15, 0.2) is 231 Å². The Morgan fingerprint density at radius 3 is 1.44 bits per heavy atom. The number of hydrogen-bond donors (Lipinski definition) is 0. The van der Waals surface area contributed by atoms with E-state index in [1.807, 2.05) is 36.4 Å². The summed E-state index contributed by atoms with van der Waals surface area (Å²) in [5.74, 6) is 1.86. The van der Waals surface area contributed by atoms with E-state index in [0.717, 1.165) is 66.4 Å². The molecule has 0 fully saturated rings. The normalized spacial score (nSPS) is 11.5. The number of para-hydroxylation sites is 1. The largest absolute Gasteiger partial charge is 0.309 e. The van der Waals surface area contributed by atoms with Crippen LogP contribution in [0.1, 0.15) is 0 Å². The average Bonchev–Trinajstić information content (AvgIpc) is 3.68. The monoisotopic (exact) mass is 802 g/mol. The second kappa shape index (κ2) is 15.2. The molecule has 0 aliphatic heterocycles. The third-order valence-electron chi connectivity index (χ3n) is 12.2. The number of benzene rings is 10. The molecule has 0 N–H and O–H groups in total. The molecular formula is C59H38N4. The highest BCUT2D eigenvalue weighted by molar-refractivity contribution is 6.16. The minimum atomic E-state index is 0.613. The Morgan fingerprint density at radius 2 is 0.778 bits per heavy atom. The third-order valence-corrected chi connectivity index (χ3v) is 12.2. The van der Waals surface area contributed by atoms with Gasteiger partial charge >= 0.3 is 0 Å². The standard InChI is InChI=1S/C59H38N4/c1-5-18-39(19-6-1)43-28-17-29-44(34-43)47-32-33-49-52(36-47)56(59-61-57(41-22-9-3-10-23-41)60-58(62-59)42-24-11-4-12-25-42)50(40-20-7-2-8-21-40)38-55(49)63-53-31-16-15-30-48(53)51-35-45-26-13-14-27-46(45)37-54(51)63/h1-38H. The molecule has 0 aliphatic rings. The van der Waals surface area contributed by atoms with E-state index in [2.05, 4.69) is 199 Å². The summed E-state index contributed by atoms with van der Waals surface area (Å²) in [6, 6.07) is 81.9. The van der Waals surface area contributed by atoms with E-state index in [1.165, 1.54) is 32.7 Å². The van der Waals surface area contributed by atoms with Gasteiger partial charge in [0.25, 0.3) is 0 Å². The maximum Gasteiger partial charge on any atom is 0.165 e. The van der Waals surface area contributed by atoms with E-state index < -0.39 is 0 Å². The SMILES string of the molecule is c1ccc(-c2cccc(-c3ccc4c(-n5c6ccccc6c6cc7ccccc7cc65)cc(-c5ccccc5)c(-c5nc(-c6ccccc6)nc(-c6ccccc6)n5)c4c3)c2)cc1. The molecule has 12 aromatic rings. The fraction of sp³-hybridized carbons (Fsp3) is 0. The van der Waals surface area contributed by atoms with E-state index in [-0.39, 0.29) is 0 Å². The van der Waals surface area contributed by atoms with Crippen LogP contribution in [-0.4, -0.2) is 19.5 Å². The van der Waals surface area contributed by atoms with Gasteiger partial charge in [-0.25, -0.2) is 15.0 Å². The predicted molar refractivity (Wildman–Crippen MR) is 262 cm³/mol. The molecule has 0 aliphatic carbocycles. The van der Waals surface area contributed by atoms with Crippen LogP contribution >= 0.6 is 0 Å². The molecule has 0 spiro atoms. The Kier molecular flexibility index (Phi) is 8.79. The second-order valence-electron chi connectivity index (χ2n) is 16.0. The minimum absolute atomic E-state index is 0.613. The van der Waals surface area contributed by atoms with Gasteiger partial charge in [-0.3, -0.25) is 0 Å². The van der Waals surface area contributed by atoms with Crippen LogP contribution in [-0.2, 0) is 0 Å². The molecule has 2 aromatic heterocycles. The lowest BCUT2D eigenvalue weighted by molar-refractivity contribution is 1.08. The number of nitrogens with zero attached hydrogens (tertiary/aromatic N) is 4. The first-order valence-electron chi connectivity index (χ1n) is 21.4. The smallest absolute Gasteiger partial charge is 0.165 e. The lowest BCUT2D eigenvalue weighted by atomic mass is 9.89. The summed E-state index contributed by atoms with van der Waals surface area (Å²) < 4.78 is 2.46. The van der Waals surface area contributed by atoms with Crippen molar-refractivity contribution in [3.05, 3.63) is 231 Å². The van der Waals surface area contributed by atoms with Crippen LogP contribution in [0.2, 0.25) is 0 Å². The summed E-state index contributed by atoms with van der Waals surface area (Å²) in [6.07, 6.45) is 0. The van der Waals surface area contributed by atoms with Gasteiger partial charge in [-0.15, -0.1) is 0 Å². The molecule has 0 saturated heterocycles. The van der Waals surface area contributed by atoms with Crippen LogP contribution in [0.4, 0.5) is 0 Å². The van der Waals surface area contributed by atoms with Gasteiger partial charge in [0.05, 0.1) is 16.7 Å². The van der Waals surface area contributed by atoms with Crippen molar-refractivity contribution in [1.29, 1.82) is 0 Å². The van der Waals surface area contributed by atoms with E-state index in [1.54, 1.807) is 0 Å². The van der Waals surface area contributed by atoms with Crippen LogP contribution < -0.4 is 0 Å². The Bertz CT molecular complexity index is 3600. The van der Waals surface area contributed by atoms with Crippen molar-refractivity contribution in [3.8, 4) is 73.2 Å². The molecule has 4 nitrogen and oxygen atoms in total. The van der Waals surface area contributed by atoms with Gasteiger partial charge in [-0.1, -0.05) is 194 Å². The second-order valence-corrected chi connectivity index (χ2v) is 16.0. The Morgan fingerprint density at radius 1 is 0.270 bits per heavy atom. The molecule has 4 heteroatoms. The van der Waals surface area contributed by atoms with Crippen molar-refractivity contribution in [2.45, 2.75) is 0 Å². The van der Waals surface area contributed by atoms with E-state index in [4.69, 9.17) is 15.0 Å². The van der Waals surface area contributed by atoms with Crippen LogP contribution in [0.5, 0.6) is 0 Å². The van der Waals surface area contributed by atoms with Crippen molar-refractivity contribution in [3.63, 3.8) is 0 Å². The Balaban J connectivity index is 1.22. The molecule has 0 unspecified atom stereocenters. The molecule has 0 atom stereocenters. The minimum Gasteiger partial charge on any atom is -0.309 e. The zero-order chi connectivity index (χ0) is 41.7. The quantitative estimate of drug-likeness (QED) is 0.161. The Labute approximate surface area is 365 Å². The van der Waals surface area contributed by atoms with Gasteiger partial charge in [-0.2, -0.15) is 0 Å². The summed E-state index contributed by atoms with van der Waals surface area (Å²) >= 11 is 0. The maximum atomic E-state index is 5.39. The van der Waals surface area contributed by atoms with E-state index in [9.17, 15) is 0 Å².